The van der Waals surface area contributed by atoms with Crippen LogP contribution in [0.2, 0.25) is 0 Å². The van der Waals surface area contributed by atoms with E-state index >= 15 is 0 Å². The first kappa shape index (κ1) is 17.1. The number of carbonyl (C=O) groups excluding carboxylic acids is 1. The van der Waals surface area contributed by atoms with E-state index < -0.39 is 11.8 Å². The van der Waals surface area contributed by atoms with Gasteiger partial charge in [0, 0.05) is 44.0 Å². The number of aromatic nitrogens is 1. The first-order valence-electron chi connectivity index (χ1n) is 8.13. The lowest BCUT2D eigenvalue weighted by Crippen LogP contribution is -2.44. The van der Waals surface area contributed by atoms with Gasteiger partial charge in [0.1, 0.15) is 11.8 Å². The largest absolute Gasteiger partial charge is 0.478 e. The lowest BCUT2D eigenvalue weighted by Gasteiger charge is -2.34. The first-order chi connectivity index (χ1) is 12.0. The average Bonchev–Trinajstić information content (AvgIpc) is 2.61. The minimum atomic E-state index is -1.24. The number of allylic oxidation sites excluding steroid dienone is 1. The van der Waals surface area contributed by atoms with Crippen molar-refractivity contribution < 1.29 is 19.1 Å². The van der Waals surface area contributed by atoms with Gasteiger partial charge in [0.2, 0.25) is 0 Å². The summed E-state index contributed by atoms with van der Waals surface area (Å²) in [5, 5.41) is 12.7. The van der Waals surface area contributed by atoms with E-state index in [2.05, 4.69) is 10.3 Å². The third kappa shape index (κ3) is 2.79. The second kappa shape index (κ2) is 6.66. The molecule has 1 saturated heterocycles. The van der Waals surface area contributed by atoms with E-state index in [-0.39, 0.29) is 22.5 Å². The number of hydrogen-bond acceptors (Lipinski definition) is 6. The Labute approximate surface area is 144 Å². The van der Waals surface area contributed by atoms with Crippen LogP contribution in [0.3, 0.4) is 0 Å². The maximum atomic E-state index is 14.7. The second-order valence-corrected chi connectivity index (χ2v) is 5.89. The van der Waals surface area contributed by atoms with Crippen molar-refractivity contribution in [1.29, 1.82) is 0 Å². The molecule has 8 heteroatoms. The van der Waals surface area contributed by atoms with Gasteiger partial charge in [-0.1, -0.05) is 0 Å². The summed E-state index contributed by atoms with van der Waals surface area (Å²) in [6.07, 6.45) is 0. The highest BCUT2D eigenvalue weighted by Crippen LogP contribution is 2.40. The van der Waals surface area contributed by atoms with Crippen molar-refractivity contribution >= 4 is 29.1 Å². The van der Waals surface area contributed by atoms with Crippen molar-refractivity contribution in [1.82, 2.24) is 10.3 Å². The van der Waals surface area contributed by atoms with Gasteiger partial charge in [-0.25, -0.2) is 19.0 Å². The highest BCUT2D eigenvalue weighted by molar-refractivity contribution is 6.16. The van der Waals surface area contributed by atoms with Gasteiger partial charge >= 0.3 is 5.97 Å². The van der Waals surface area contributed by atoms with Gasteiger partial charge in [-0.05, 0) is 19.9 Å². The zero-order valence-corrected chi connectivity index (χ0v) is 14.1. The number of pyridine rings is 1. The number of anilines is 2. The van der Waals surface area contributed by atoms with Crippen molar-refractivity contribution in [3.05, 3.63) is 28.7 Å². The van der Waals surface area contributed by atoms with Crippen LogP contribution in [0.4, 0.5) is 16.0 Å². The summed E-state index contributed by atoms with van der Waals surface area (Å²) in [5.41, 5.74) is 0.228. The number of carboxylic acid groups (broad SMARTS) is 1. The van der Waals surface area contributed by atoms with Crippen molar-refractivity contribution in [3.8, 4) is 0 Å². The van der Waals surface area contributed by atoms with Crippen molar-refractivity contribution in [2.24, 2.45) is 0 Å². The molecule has 2 aliphatic heterocycles. The number of nitrogens with one attached hydrogen (secondary N) is 1. The monoisotopic (exact) mass is 346 g/mol. The van der Waals surface area contributed by atoms with Crippen LogP contribution in [0.25, 0.3) is 5.57 Å². The summed E-state index contributed by atoms with van der Waals surface area (Å²) >= 11 is 0. The van der Waals surface area contributed by atoms with Crippen LogP contribution in [0, 0.1) is 5.82 Å². The molecule has 0 saturated carbocycles. The number of carbonyl (C=O) groups is 1. The summed E-state index contributed by atoms with van der Waals surface area (Å²) in [6, 6.07) is 1.19. The first-order valence-corrected chi connectivity index (χ1v) is 8.13. The number of aliphatic carboxylic acids is 1. The molecule has 0 aliphatic carbocycles. The Hall–Kier alpha value is -2.70. The van der Waals surface area contributed by atoms with Crippen LogP contribution in [0.15, 0.2) is 17.3 Å². The minimum Gasteiger partial charge on any atom is -0.478 e. The molecule has 0 spiro atoms. The maximum absolute atomic E-state index is 14.7. The van der Waals surface area contributed by atoms with Crippen LogP contribution in [0.5, 0.6) is 0 Å². The van der Waals surface area contributed by atoms with E-state index in [1.54, 1.807) is 17.8 Å². The topological polar surface area (TPSA) is 85.8 Å². The highest BCUT2D eigenvalue weighted by Gasteiger charge is 2.33. The van der Waals surface area contributed by atoms with Crippen LogP contribution in [-0.4, -0.2) is 54.7 Å². The normalized spacial score (nSPS) is 17.5. The Kier molecular flexibility index (Phi) is 4.57. The molecule has 1 fully saturated rings. The van der Waals surface area contributed by atoms with Crippen molar-refractivity contribution in [3.63, 3.8) is 0 Å². The Morgan fingerprint density at radius 3 is 2.64 bits per heavy atom. The van der Waals surface area contributed by atoms with Crippen LogP contribution >= 0.6 is 0 Å². The summed E-state index contributed by atoms with van der Waals surface area (Å²) < 4.78 is 14.7. The molecule has 3 rings (SSSR count). The molecule has 132 valence electrons. The molecular weight excluding hydrogens is 327 g/mol. The van der Waals surface area contributed by atoms with E-state index in [4.69, 9.17) is 0 Å². The maximum Gasteiger partial charge on any atom is 0.338 e. The summed E-state index contributed by atoms with van der Waals surface area (Å²) in [4.78, 5) is 31.0. The Morgan fingerprint density at radius 2 is 2.08 bits per heavy atom. The molecule has 0 bridgehead atoms. The van der Waals surface area contributed by atoms with Crippen LogP contribution in [-0.2, 0) is 9.59 Å². The van der Waals surface area contributed by atoms with Crippen LogP contribution < -0.4 is 15.1 Å². The fraction of sp³-hybridized carbons (Fsp3) is 0.412. The van der Waals surface area contributed by atoms with Gasteiger partial charge < -0.3 is 20.2 Å². The molecule has 25 heavy (non-hydrogen) atoms. The fourth-order valence-electron chi connectivity index (χ4n) is 3.32. The van der Waals surface area contributed by atoms with E-state index in [0.717, 1.165) is 13.1 Å². The van der Waals surface area contributed by atoms with Gasteiger partial charge in [-0.3, -0.25) is 0 Å². The molecule has 0 radical (unpaired) electrons. The third-order valence-corrected chi connectivity index (χ3v) is 4.53. The van der Waals surface area contributed by atoms with Gasteiger partial charge in [-0.15, -0.1) is 0 Å². The highest BCUT2D eigenvalue weighted by atomic mass is 19.1. The average molecular weight is 346 g/mol. The fourth-order valence-corrected chi connectivity index (χ4v) is 3.32. The molecule has 3 heterocycles. The standard InChI is InChI=1S/C17H19FN4O3/c1-3-22-10(2)14(17(24)25)12(9-23)11-8-13(18)16(20-15(11)22)21-6-4-19-5-7-21/h8,19H,3-7H2,1-2H3,(H,24,25). The van der Waals surface area contributed by atoms with Crippen molar-refractivity contribution in [2.75, 3.05) is 42.5 Å². The summed E-state index contributed by atoms with van der Waals surface area (Å²) in [5.74, 6) is 0.450. The molecule has 2 N–H and O–H groups in total. The van der Waals surface area contributed by atoms with E-state index in [9.17, 15) is 19.1 Å². The SMILES string of the molecule is CCN1C(C)=C(C(=O)O)C(=C=O)c2cc(F)c(N3CCNCC3)nc21. The molecule has 0 aromatic carbocycles. The van der Waals surface area contributed by atoms with Gasteiger partial charge in [0.25, 0.3) is 0 Å². The van der Waals surface area contributed by atoms with E-state index in [1.807, 2.05) is 11.8 Å². The zero-order chi connectivity index (χ0) is 18.1. The van der Waals surface area contributed by atoms with Crippen molar-refractivity contribution in [2.45, 2.75) is 13.8 Å². The number of carboxylic acids is 1. The Morgan fingerprint density at radius 1 is 1.40 bits per heavy atom. The van der Waals surface area contributed by atoms with Crippen LogP contribution in [0.1, 0.15) is 19.4 Å². The molecular formula is C17H19FN4O3. The minimum absolute atomic E-state index is 0.163. The Balaban J connectivity index is 2.19. The number of piperazine rings is 1. The number of fused-ring (bicyclic) bond motifs is 1. The molecule has 1 aromatic heterocycles. The van der Waals surface area contributed by atoms with Gasteiger partial charge in [-0.2, -0.15) is 0 Å². The lowest BCUT2D eigenvalue weighted by atomic mass is 9.93. The number of rotatable bonds is 3. The molecule has 0 unspecified atom stereocenters. The predicted octanol–water partition coefficient (Wildman–Crippen LogP) is 1.04. The molecule has 0 atom stereocenters. The molecule has 7 nitrogen and oxygen atoms in total. The van der Waals surface area contributed by atoms with E-state index in [0.29, 0.717) is 31.1 Å². The zero-order valence-electron chi connectivity index (χ0n) is 14.1. The predicted molar refractivity (Wildman–Crippen MR) is 91.7 cm³/mol. The quantitative estimate of drug-likeness (QED) is 0.791. The lowest BCUT2D eigenvalue weighted by molar-refractivity contribution is -0.132. The van der Waals surface area contributed by atoms with Gasteiger partial charge in [0.05, 0.1) is 11.1 Å². The molecule has 0 amide bonds. The third-order valence-electron chi connectivity index (χ3n) is 4.53. The van der Waals surface area contributed by atoms with E-state index in [1.165, 1.54) is 6.07 Å². The Bertz CT molecular complexity index is 808. The number of halogens is 1. The van der Waals surface area contributed by atoms with Gasteiger partial charge in [0.15, 0.2) is 11.6 Å². The summed E-state index contributed by atoms with van der Waals surface area (Å²) in [6.45, 7) is 6.62. The second-order valence-electron chi connectivity index (χ2n) is 5.89. The number of nitrogens with zero attached hydrogens (tertiary/aromatic N) is 3. The molecule has 2 aliphatic rings. The number of hydrogen-bond donors (Lipinski definition) is 2. The molecule has 1 aromatic rings. The smallest absolute Gasteiger partial charge is 0.338 e. The summed E-state index contributed by atoms with van der Waals surface area (Å²) in [7, 11) is 0.